The standard InChI is InChI=1S/C19H29FN4O/c1-3-22-9-11-23(12-10-22)18-7-6-15(13-17(18)20)19(25)24-8-4-5-16(24)14-21-2/h6-7,13,16,21H,3-5,8-12,14H2,1-2H3/t16-/m0/s1. The van der Waals surface area contributed by atoms with Crippen molar-refractivity contribution in [1.29, 1.82) is 0 Å². The SMILES string of the molecule is CCN1CCN(c2ccc(C(=O)N3CCC[C@H]3CNC)cc2F)CC1. The third kappa shape index (κ3) is 3.96. The molecule has 1 aromatic rings. The zero-order valence-electron chi connectivity index (χ0n) is 15.3. The van der Waals surface area contributed by atoms with Gasteiger partial charge in [0, 0.05) is 50.9 Å². The van der Waals surface area contributed by atoms with E-state index in [0.717, 1.165) is 58.7 Å². The fraction of sp³-hybridized carbons (Fsp3) is 0.632. The molecular weight excluding hydrogens is 319 g/mol. The lowest BCUT2D eigenvalue weighted by Crippen LogP contribution is -2.46. The summed E-state index contributed by atoms with van der Waals surface area (Å²) in [6.45, 7) is 8.29. The van der Waals surface area contributed by atoms with Crippen LogP contribution in [0.15, 0.2) is 18.2 Å². The quantitative estimate of drug-likeness (QED) is 0.881. The Hall–Kier alpha value is -1.66. The van der Waals surface area contributed by atoms with Gasteiger partial charge in [0.2, 0.25) is 0 Å². The molecule has 5 nitrogen and oxygen atoms in total. The number of likely N-dealkylation sites (N-methyl/N-ethyl adjacent to an activating group) is 2. The van der Waals surface area contributed by atoms with Gasteiger partial charge in [0.1, 0.15) is 5.82 Å². The van der Waals surface area contributed by atoms with Gasteiger partial charge in [0.15, 0.2) is 0 Å². The van der Waals surface area contributed by atoms with Crippen molar-refractivity contribution >= 4 is 11.6 Å². The van der Waals surface area contributed by atoms with E-state index in [2.05, 4.69) is 22.0 Å². The largest absolute Gasteiger partial charge is 0.367 e. The lowest BCUT2D eigenvalue weighted by atomic mass is 10.1. The number of piperazine rings is 1. The van der Waals surface area contributed by atoms with Gasteiger partial charge in [-0.2, -0.15) is 0 Å². The van der Waals surface area contributed by atoms with Gasteiger partial charge in [-0.25, -0.2) is 4.39 Å². The number of halogens is 1. The van der Waals surface area contributed by atoms with E-state index in [1.165, 1.54) is 6.07 Å². The highest BCUT2D eigenvalue weighted by Gasteiger charge is 2.29. The van der Waals surface area contributed by atoms with Gasteiger partial charge < -0.3 is 20.0 Å². The van der Waals surface area contributed by atoms with E-state index < -0.39 is 0 Å². The predicted octanol–water partition coefficient (Wildman–Crippen LogP) is 1.79. The number of hydrogen-bond acceptors (Lipinski definition) is 4. The van der Waals surface area contributed by atoms with Gasteiger partial charge in [0.25, 0.3) is 5.91 Å². The Morgan fingerprint density at radius 2 is 2.00 bits per heavy atom. The van der Waals surface area contributed by atoms with E-state index in [0.29, 0.717) is 11.3 Å². The van der Waals surface area contributed by atoms with E-state index in [9.17, 15) is 9.18 Å². The third-order valence-corrected chi connectivity index (χ3v) is 5.43. The lowest BCUT2D eigenvalue weighted by molar-refractivity contribution is 0.0736. The summed E-state index contributed by atoms with van der Waals surface area (Å²) in [5, 5.41) is 3.14. The molecule has 1 aromatic carbocycles. The molecule has 3 rings (SSSR count). The number of amides is 1. The van der Waals surface area contributed by atoms with Crippen molar-refractivity contribution in [2.75, 3.05) is 57.8 Å². The third-order valence-electron chi connectivity index (χ3n) is 5.43. The van der Waals surface area contributed by atoms with Crippen LogP contribution in [0.2, 0.25) is 0 Å². The summed E-state index contributed by atoms with van der Waals surface area (Å²) in [7, 11) is 1.90. The number of nitrogens with one attached hydrogen (secondary N) is 1. The van der Waals surface area contributed by atoms with Crippen molar-refractivity contribution in [2.24, 2.45) is 0 Å². The molecular formula is C19H29FN4O. The molecule has 6 heteroatoms. The molecule has 138 valence electrons. The molecule has 0 aromatic heterocycles. The van der Waals surface area contributed by atoms with Crippen molar-refractivity contribution in [2.45, 2.75) is 25.8 Å². The summed E-state index contributed by atoms with van der Waals surface area (Å²) in [6.07, 6.45) is 2.02. The summed E-state index contributed by atoms with van der Waals surface area (Å²) >= 11 is 0. The van der Waals surface area contributed by atoms with Crippen molar-refractivity contribution < 1.29 is 9.18 Å². The fourth-order valence-electron chi connectivity index (χ4n) is 3.92. The van der Waals surface area contributed by atoms with Crippen molar-refractivity contribution in [3.63, 3.8) is 0 Å². The number of nitrogens with zero attached hydrogens (tertiary/aromatic N) is 3. The Balaban J connectivity index is 1.70. The maximum absolute atomic E-state index is 14.7. The first-order chi connectivity index (χ1) is 12.1. The van der Waals surface area contributed by atoms with Crippen LogP contribution >= 0.6 is 0 Å². The molecule has 0 radical (unpaired) electrons. The molecule has 2 fully saturated rings. The normalized spacial score (nSPS) is 21.8. The Bertz CT molecular complexity index is 601. The summed E-state index contributed by atoms with van der Waals surface area (Å²) in [6, 6.07) is 5.18. The van der Waals surface area contributed by atoms with Crippen molar-refractivity contribution in [1.82, 2.24) is 15.1 Å². The van der Waals surface area contributed by atoms with Crippen LogP contribution in [0.25, 0.3) is 0 Å². The van der Waals surface area contributed by atoms with Crippen LogP contribution in [0.1, 0.15) is 30.1 Å². The number of likely N-dealkylation sites (tertiary alicyclic amines) is 1. The molecule has 0 bridgehead atoms. The molecule has 2 saturated heterocycles. The summed E-state index contributed by atoms with van der Waals surface area (Å²) in [5.74, 6) is -0.348. The second-order valence-electron chi connectivity index (χ2n) is 6.94. The first-order valence-electron chi connectivity index (χ1n) is 9.36. The fourth-order valence-corrected chi connectivity index (χ4v) is 3.92. The van der Waals surface area contributed by atoms with Gasteiger partial charge in [-0.05, 0) is 44.6 Å². The molecule has 2 heterocycles. The minimum Gasteiger partial charge on any atom is -0.367 e. The Labute approximate surface area is 149 Å². The minimum absolute atomic E-state index is 0.0565. The topological polar surface area (TPSA) is 38.8 Å². The molecule has 0 unspecified atom stereocenters. The van der Waals surface area contributed by atoms with Crippen molar-refractivity contribution in [3.8, 4) is 0 Å². The van der Waals surface area contributed by atoms with Crippen LogP contribution in [0.3, 0.4) is 0 Å². The van der Waals surface area contributed by atoms with Crippen LogP contribution < -0.4 is 10.2 Å². The molecule has 2 aliphatic rings. The molecule has 0 aliphatic carbocycles. The highest BCUT2D eigenvalue weighted by molar-refractivity contribution is 5.95. The summed E-state index contributed by atoms with van der Waals surface area (Å²) < 4.78 is 14.7. The molecule has 2 aliphatic heterocycles. The van der Waals surface area contributed by atoms with E-state index >= 15 is 0 Å². The van der Waals surface area contributed by atoms with Gasteiger partial charge in [-0.3, -0.25) is 4.79 Å². The number of carbonyl (C=O) groups excluding carboxylic acids is 1. The lowest BCUT2D eigenvalue weighted by Gasteiger charge is -2.35. The van der Waals surface area contributed by atoms with Gasteiger partial charge in [0.05, 0.1) is 5.69 Å². The molecule has 1 N–H and O–H groups in total. The maximum atomic E-state index is 14.7. The molecule has 0 saturated carbocycles. The van der Waals surface area contributed by atoms with E-state index in [1.807, 2.05) is 11.9 Å². The van der Waals surface area contributed by atoms with Gasteiger partial charge in [-0.1, -0.05) is 6.92 Å². The molecule has 1 atom stereocenters. The van der Waals surface area contributed by atoms with Crippen LogP contribution in [-0.2, 0) is 0 Å². The molecule has 1 amide bonds. The number of benzene rings is 1. The van der Waals surface area contributed by atoms with E-state index in [1.54, 1.807) is 12.1 Å². The Kier molecular flexibility index (Phi) is 5.91. The van der Waals surface area contributed by atoms with Crippen molar-refractivity contribution in [3.05, 3.63) is 29.6 Å². The van der Waals surface area contributed by atoms with E-state index in [-0.39, 0.29) is 17.8 Å². The first kappa shape index (κ1) is 18.1. The average molecular weight is 348 g/mol. The highest BCUT2D eigenvalue weighted by Crippen LogP contribution is 2.25. The summed E-state index contributed by atoms with van der Waals surface area (Å²) in [5.41, 5.74) is 1.07. The smallest absolute Gasteiger partial charge is 0.254 e. The zero-order valence-corrected chi connectivity index (χ0v) is 15.3. The monoisotopic (exact) mass is 348 g/mol. The van der Waals surface area contributed by atoms with Gasteiger partial charge in [-0.15, -0.1) is 0 Å². The summed E-state index contributed by atoms with van der Waals surface area (Å²) in [4.78, 5) is 19.1. The second kappa shape index (κ2) is 8.15. The van der Waals surface area contributed by atoms with Crippen LogP contribution in [0.5, 0.6) is 0 Å². The predicted molar refractivity (Wildman–Crippen MR) is 98.7 cm³/mol. The Morgan fingerprint density at radius 3 is 2.64 bits per heavy atom. The van der Waals surface area contributed by atoms with Gasteiger partial charge >= 0.3 is 0 Å². The highest BCUT2D eigenvalue weighted by atomic mass is 19.1. The van der Waals surface area contributed by atoms with Crippen LogP contribution in [0, 0.1) is 5.82 Å². The number of hydrogen-bond donors (Lipinski definition) is 1. The number of anilines is 1. The van der Waals surface area contributed by atoms with Crippen LogP contribution in [-0.4, -0.2) is 74.6 Å². The Morgan fingerprint density at radius 1 is 1.24 bits per heavy atom. The number of carbonyl (C=O) groups is 1. The molecule has 0 spiro atoms. The maximum Gasteiger partial charge on any atom is 0.254 e. The molecule has 25 heavy (non-hydrogen) atoms. The first-order valence-corrected chi connectivity index (χ1v) is 9.36. The van der Waals surface area contributed by atoms with E-state index in [4.69, 9.17) is 0 Å². The minimum atomic E-state index is -0.292. The number of rotatable bonds is 5. The van der Waals surface area contributed by atoms with Crippen LogP contribution in [0.4, 0.5) is 10.1 Å². The zero-order chi connectivity index (χ0) is 17.8. The second-order valence-corrected chi connectivity index (χ2v) is 6.94. The average Bonchev–Trinajstić information content (AvgIpc) is 3.10.